The quantitative estimate of drug-likeness (QED) is 0.600. The molecule has 3 aromatic rings. The fourth-order valence-corrected chi connectivity index (χ4v) is 2.72. The summed E-state index contributed by atoms with van der Waals surface area (Å²) in [4.78, 5) is 2.39. The van der Waals surface area contributed by atoms with Crippen LogP contribution in [-0.2, 0) is 6.54 Å². The van der Waals surface area contributed by atoms with Gasteiger partial charge in [-0.2, -0.15) is 0 Å². The Morgan fingerprint density at radius 2 is 1.32 bits per heavy atom. The predicted molar refractivity (Wildman–Crippen MR) is 94.6 cm³/mol. The minimum atomic E-state index is 0.870. The highest BCUT2D eigenvalue weighted by Crippen LogP contribution is 2.31. The van der Waals surface area contributed by atoms with Gasteiger partial charge in [-0.3, -0.25) is 0 Å². The van der Waals surface area contributed by atoms with Crippen molar-refractivity contribution in [3.8, 4) is 0 Å². The van der Waals surface area contributed by atoms with E-state index in [0.717, 1.165) is 6.54 Å². The first-order chi connectivity index (χ1) is 10.8. The van der Waals surface area contributed by atoms with E-state index in [-0.39, 0.29) is 0 Å². The second-order valence-electron chi connectivity index (χ2n) is 5.63. The van der Waals surface area contributed by atoms with E-state index in [1.54, 1.807) is 0 Å². The highest BCUT2D eigenvalue weighted by molar-refractivity contribution is 5.67. The van der Waals surface area contributed by atoms with Crippen LogP contribution in [0.1, 0.15) is 16.7 Å². The minimum Gasteiger partial charge on any atom is -0.337 e. The molecule has 0 aliphatic heterocycles. The first-order valence-corrected chi connectivity index (χ1v) is 7.68. The summed E-state index contributed by atoms with van der Waals surface area (Å²) >= 11 is 0. The zero-order valence-corrected chi connectivity index (χ0v) is 13.2. The number of para-hydroxylation sites is 1. The van der Waals surface area contributed by atoms with E-state index in [1.807, 2.05) is 0 Å². The fourth-order valence-electron chi connectivity index (χ4n) is 2.72. The molecule has 0 unspecified atom stereocenters. The monoisotopic (exact) mass is 287 g/mol. The van der Waals surface area contributed by atoms with Crippen LogP contribution in [-0.4, -0.2) is 0 Å². The number of anilines is 2. The van der Waals surface area contributed by atoms with Gasteiger partial charge in [0.2, 0.25) is 0 Å². The van der Waals surface area contributed by atoms with E-state index < -0.39 is 0 Å². The third-order valence-corrected chi connectivity index (χ3v) is 4.12. The third-order valence-electron chi connectivity index (χ3n) is 4.12. The number of aryl methyl sites for hydroxylation is 1. The van der Waals surface area contributed by atoms with Crippen molar-refractivity contribution in [2.45, 2.75) is 20.4 Å². The van der Waals surface area contributed by atoms with Crippen molar-refractivity contribution in [1.82, 2.24) is 0 Å². The fraction of sp³-hybridized carbons (Fsp3) is 0.143. The number of rotatable bonds is 4. The zero-order chi connectivity index (χ0) is 15.4. The normalized spacial score (nSPS) is 10.5. The van der Waals surface area contributed by atoms with Gasteiger partial charge in [-0.15, -0.1) is 0 Å². The lowest BCUT2D eigenvalue weighted by molar-refractivity contribution is 0.966. The smallest absolute Gasteiger partial charge is 0.0481 e. The van der Waals surface area contributed by atoms with Gasteiger partial charge in [0, 0.05) is 17.9 Å². The van der Waals surface area contributed by atoms with Crippen molar-refractivity contribution < 1.29 is 0 Å². The maximum atomic E-state index is 2.39. The molecule has 0 atom stereocenters. The molecular weight excluding hydrogens is 266 g/mol. The summed E-state index contributed by atoms with van der Waals surface area (Å²) in [7, 11) is 0. The molecule has 1 nitrogen and oxygen atoms in total. The molecule has 0 heterocycles. The van der Waals surface area contributed by atoms with E-state index in [4.69, 9.17) is 0 Å². The lowest BCUT2D eigenvalue weighted by Gasteiger charge is -2.27. The third kappa shape index (κ3) is 3.04. The number of benzene rings is 3. The van der Waals surface area contributed by atoms with Gasteiger partial charge in [0.05, 0.1) is 0 Å². The molecule has 0 N–H and O–H groups in total. The first kappa shape index (κ1) is 14.4. The summed E-state index contributed by atoms with van der Waals surface area (Å²) < 4.78 is 0. The van der Waals surface area contributed by atoms with Crippen LogP contribution in [0.25, 0.3) is 0 Å². The van der Waals surface area contributed by atoms with Crippen molar-refractivity contribution in [1.29, 1.82) is 0 Å². The van der Waals surface area contributed by atoms with Gasteiger partial charge < -0.3 is 4.90 Å². The minimum absolute atomic E-state index is 0.870. The van der Waals surface area contributed by atoms with Crippen LogP contribution >= 0.6 is 0 Å². The molecule has 110 valence electrons. The van der Waals surface area contributed by atoms with Crippen LogP contribution in [0.15, 0.2) is 78.9 Å². The topological polar surface area (TPSA) is 3.24 Å². The highest BCUT2D eigenvalue weighted by Gasteiger charge is 2.13. The van der Waals surface area contributed by atoms with Gasteiger partial charge in [-0.1, -0.05) is 60.7 Å². The molecule has 3 aromatic carbocycles. The van der Waals surface area contributed by atoms with Crippen LogP contribution < -0.4 is 4.90 Å². The van der Waals surface area contributed by atoms with Crippen molar-refractivity contribution >= 4 is 11.4 Å². The Kier molecular flexibility index (Phi) is 4.24. The largest absolute Gasteiger partial charge is 0.337 e. The first-order valence-electron chi connectivity index (χ1n) is 7.68. The molecule has 3 rings (SSSR count). The molecule has 0 aliphatic carbocycles. The van der Waals surface area contributed by atoms with Crippen LogP contribution in [0.2, 0.25) is 0 Å². The van der Waals surface area contributed by atoms with Gasteiger partial charge in [0.15, 0.2) is 0 Å². The van der Waals surface area contributed by atoms with Gasteiger partial charge >= 0.3 is 0 Å². The molecule has 0 bridgehead atoms. The highest BCUT2D eigenvalue weighted by atomic mass is 15.1. The second-order valence-corrected chi connectivity index (χ2v) is 5.63. The standard InChI is InChI=1S/C21H21N/c1-17-10-9-15-21(18(17)2)22(20-13-7-4-8-14-20)16-19-11-5-3-6-12-19/h3-15H,16H2,1-2H3. The van der Waals surface area contributed by atoms with E-state index >= 15 is 0 Å². The van der Waals surface area contributed by atoms with Crippen LogP contribution in [0.4, 0.5) is 11.4 Å². The SMILES string of the molecule is Cc1cccc(N(Cc2ccccc2)c2ccccc2)c1C. The summed E-state index contributed by atoms with van der Waals surface area (Å²) in [5.74, 6) is 0. The summed E-state index contributed by atoms with van der Waals surface area (Å²) in [6, 6.07) is 27.7. The molecule has 0 spiro atoms. The summed E-state index contributed by atoms with van der Waals surface area (Å²) in [5, 5.41) is 0. The average molecular weight is 287 g/mol. The van der Waals surface area contributed by atoms with Gasteiger partial charge in [0.1, 0.15) is 0 Å². The van der Waals surface area contributed by atoms with Gasteiger partial charge in [-0.05, 0) is 48.7 Å². The van der Waals surface area contributed by atoms with Crippen molar-refractivity contribution in [3.05, 3.63) is 95.6 Å². The molecule has 0 aromatic heterocycles. The Hall–Kier alpha value is -2.54. The number of hydrogen-bond donors (Lipinski definition) is 0. The molecule has 22 heavy (non-hydrogen) atoms. The molecule has 1 heteroatoms. The average Bonchev–Trinajstić information content (AvgIpc) is 2.57. The number of nitrogens with zero attached hydrogens (tertiary/aromatic N) is 1. The Balaban J connectivity index is 2.05. The summed E-state index contributed by atoms with van der Waals surface area (Å²) in [5.41, 5.74) is 6.47. The Bertz CT molecular complexity index is 732. The van der Waals surface area contributed by atoms with Crippen LogP contribution in [0.5, 0.6) is 0 Å². The maximum Gasteiger partial charge on any atom is 0.0481 e. The van der Waals surface area contributed by atoms with Gasteiger partial charge in [-0.25, -0.2) is 0 Å². The molecule has 0 saturated heterocycles. The van der Waals surface area contributed by atoms with E-state index in [1.165, 1.54) is 28.1 Å². The molecular formula is C21H21N. The van der Waals surface area contributed by atoms with E-state index in [2.05, 4.69) is 97.6 Å². The second kappa shape index (κ2) is 6.48. The Labute approximate surface area is 132 Å². The van der Waals surface area contributed by atoms with Crippen molar-refractivity contribution in [3.63, 3.8) is 0 Å². The zero-order valence-electron chi connectivity index (χ0n) is 13.2. The molecule has 0 radical (unpaired) electrons. The summed E-state index contributed by atoms with van der Waals surface area (Å²) in [6.07, 6.45) is 0. The Morgan fingerprint density at radius 3 is 2.00 bits per heavy atom. The van der Waals surface area contributed by atoms with Crippen LogP contribution in [0, 0.1) is 13.8 Å². The van der Waals surface area contributed by atoms with Crippen molar-refractivity contribution in [2.75, 3.05) is 4.90 Å². The molecule has 0 saturated carbocycles. The maximum absolute atomic E-state index is 2.39. The molecule has 0 aliphatic rings. The lowest BCUT2D eigenvalue weighted by Crippen LogP contribution is -2.17. The number of hydrogen-bond acceptors (Lipinski definition) is 1. The lowest BCUT2D eigenvalue weighted by atomic mass is 10.1. The Morgan fingerprint density at radius 1 is 0.682 bits per heavy atom. The van der Waals surface area contributed by atoms with Gasteiger partial charge in [0.25, 0.3) is 0 Å². The predicted octanol–water partition coefficient (Wildman–Crippen LogP) is 5.64. The van der Waals surface area contributed by atoms with Crippen molar-refractivity contribution in [2.24, 2.45) is 0 Å². The van der Waals surface area contributed by atoms with Crippen LogP contribution in [0.3, 0.4) is 0 Å². The van der Waals surface area contributed by atoms with E-state index in [0.29, 0.717) is 0 Å². The molecule has 0 amide bonds. The summed E-state index contributed by atoms with van der Waals surface area (Å²) in [6.45, 7) is 5.24. The molecule has 0 fully saturated rings. The van der Waals surface area contributed by atoms with E-state index in [9.17, 15) is 0 Å².